The normalized spacial score (nSPS) is 16.6. The number of fused-ring (bicyclic) bond motifs is 1. The predicted octanol–water partition coefficient (Wildman–Crippen LogP) is 3.55. The quantitative estimate of drug-likeness (QED) is 0.797. The summed E-state index contributed by atoms with van der Waals surface area (Å²) in [5.74, 6) is -0.179. The number of benzene rings is 2. The van der Waals surface area contributed by atoms with Gasteiger partial charge in [-0.2, -0.15) is 0 Å². The second-order valence-electron chi connectivity index (χ2n) is 6.99. The van der Waals surface area contributed by atoms with Gasteiger partial charge in [-0.15, -0.1) is 0 Å². The van der Waals surface area contributed by atoms with E-state index >= 15 is 0 Å². The Balaban J connectivity index is 1.40. The van der Waals surface area contributed by atoms with Crippen molar-refractivity contribution < 1.29 is 28.2 Å². The second-order valence-corrected chi connectivity index (χ2v) is 6.99. The van der Waals surface area contributed by atoms with Gasteiger partial charge >= 0.3 is 5.97 Å². The van der Waals surface area contributed by atoms with E-state index < -0.39 is 29.7 Å². The zero-order valence-electron chi connectivity index (χ0n) is 15.2. The van der Waals surface area contributed by atoms with Crippen LogP contribution in [0.25, 0.3) is 0 Å². The van der Waals surface area contributed by atoms with Gasteiger partial charge in [0.25, 0.3) is 5.91 Å². The minimum Gasteiger partial charge on any atom is -0.455 e. The molecule has 1 fully saturated rings. The van der Waals surface area contributed by atoms with Gasteiger partial charge in [-0.3, -0.25) is 9.59 Å². The molecule has 2 aromatic rings. The minimum absolute atomic E-state index is 0.145. The lowest BCUT2D eigenvalue weighted by atomic mass is 9.79. The molecule has 2 aliphatic rings. The van der Waals surface area contributed by atoms with Gasteiger partial charge in [-0.05, 0) is 42.7 Å². The number of hydrogen-bond donors (Lipinski definition) is 1. The molecule has 0 atom stereocenters. The SMILES string of the molecule is O=C(COC(=O)C1(c2cccc(F)c2)CCCC1)Nc1ccc2c(c1)OCO2. The van der Waals surface area contributed by atoms with Crippen molar-refractivity contribution in [3.05, 3.63) is 53.8 Å². The minimum atomic E-state index is -0.888. The molecule has 1 amide bonds. The molecule has 0 unspecified atom stereocenters. The molecule has 0 radical (unpaired) electrons. The third kappa shape index (κ3) is 3.52. The van der Waals surface area contributed by atoms with Crippen molar-refractivity contribution in [1.82, 2.24) is 0 Å². The molecule has 0 spiro atoms. The predicted molar refractivity (Wildman–Crippen MR) is 98.7 cm³/mol. The smallest absolute Gasteiger partial charge is 0.317 e. The topological polar surface area (TPSA) is 73.9 Å². The average Bonchev–Trinajstić information content (AvgIpc) is 3.36. The van der Waals surface area contributed by atoms with Crippen molar-refractivity contribution in [1.29, 1.82) is 0 Å². The Kier molecular flexibility index (Phi) is 4.90. The number of halogens is 1. The number of carbonyl (C=O) groups excluding carboxylic acids is 2. The fraction of sp³-hybridized carbons (Fsp3) is 0.333. The van der Waals surface area contributed by atoms with Crippen LogP contribution in [0.1, 0.15) is 31.2 Å². The fourth-order valence-corrected chi connectivity index (χ4v) is 3.82. The Morgan fingerprint density at radius 2 is 1.86 bits per heavy atom. The van der Waals surface area contributed by atoms with E-state index in [0.29, 0.717) is 35.6 Å². The molecule has 0 bridgehead atoms. The zero-order valence-corrected chi connectivity index (χ0v) is 15.2. The second kappa shape index (κ2) is 7.50. The molecular weight excluding hydrogens is 365 g/mol. The molecule has 1 saturated carbocycles. The Labute approximate surface area is 161 Å². The molecule has 0 saturated heterocycles. The van der Waals surface area contributed by atoms with Crippen LogP contribution in [0.3, 0.4) is 0 Å². The van der Waals surface area contributed by atoms with Crippen molar-refractivity contribution in [2.24, 2.45) is 0 Å². The van der Waals surface area contributed by atoms with Gasteiger partial charge in [-0.1, -0.05) is 25.0 Å². The highest BCUT2D eigenvalue weighted by Crippen LogP contribution is 2.42. The number of carbonyl (C=O) groups is 2. The third-order valence-electron chi connectivity index (χ3n) is 5.22. The van der Waals surface area contributed by atoms with Crippen LogP contribution in [0.15, 0.2) is 42.5 Å². The van der Waals surface area contributed by atoms with E-state index in [1.165, 1.54) is 12.1 Å². The van der Waals surface area contributed by atoms with Crippen molar-refractivity contribution in [2.75, 3.05) is 18.7 Å². The Morgan fingerprint density at radius 1 is 1.07 bits per heavy atom. The van der Waals surface area contributed by atoms with Gasteiger partial charge in [0, 0.05) is 11.8 Å². The van der Waals surface area contributed by atoms with Gasteiger partial charge in [0.05, 0.1) is 5.41 Å². The lowest BCUT2D eigenvalue weighted by Gasteiger charge is -2.27. The van der Waals surface area contributed by atoms with Gasteiger partial charge in [0.15, 0.2) is 18.1 Å². The zero-order chi connectivity index (χ0) is 19.6. The van der Waals surface area contributed by atoms with Gasteiger partial charge in [0.2, 0.25) is 6.79 Å². The Bertz CT molecular complexity index is 907. The molecule has 1 aliphatic heterocycles. The maximum atomic E-state index is 13.7. The lowest BCUT2D eigenvalue weighted by Crippen LogP contribution is -2.36. The first-order valence-electron chi connectivity index (χ1n) is 9.20. The molecule has 0 aromatic heterocycles. The molecule has 7 heteroatoms. The Hall–Kier alpha value is -3.09. The van der Waals surface area contributed by atoms with Crippen molar-refractivity contribution in [3.63, 3.8) is 0 Å². The van der Waals surface area contributed by atoms with Gasteiger partial charge in [0.1, 0.15) is 5.82 Å². The van der Waals surface area contributed by atoms with Gasteiger partial charge < -0.3 is 19.5 Å². The first-order valence-corrected chi connectivity index (χ1v) is 9.20. The highest BCUT2D eigenvalue weighted by Gasteiger charge is 2.44. The summed E-state index contributed by atoms with van der Waals surface area (Å²) < 4.78 is 29.5. The van der Waals surface area contributed by atoms with Crippen LogP contribution in [0.4, 0.5) is 10.1 Å². The third-order valence-corrected chi connectivity index (χ3v) is 5.22. The first-order chi connectivity index (χ1) is 13.6. The molecular formula is C21H20FNO5. The summed E-state index contributed by atoms with van der Waals surface area (Å²) >= 11 is 0. The standard InChI is InChI=1S/C21H20FNO5/c22-15-5-3-4-14(10-15)21(8-1-2-9-21)20(25)26-12-19(24)23-16-6-7-17-18(11-16)28-13-27-17/h3-7,10-11H,1-2,8-9,12-13H2,(H,23,24). The van der Waals surface area contributed by atoms with Crippen molar-refractivity contribution in [2.45, 2.75) is 31.1 Å². The summed E-state index contributed by atoms with van der Waals surface area (Å²) in [5.41, 5.74) is 0.235. The molecule has 6 nitrogen and oxygen atoms in total. The van der Waals surface area contributed by atoms with Crippen molar-refractivity contribution in [3.8, 4) is 11.5 Å². The van der Waals surface area contributed by atoms with Crippen LogP contribution in [0.5, 0.6) is 11.5 Å². The number of anilines is 1. The van der Waals surface area contributed by atoms with Crippen LogP contribution in [-0.4, -0.2) is 25.3 Å². The highest BCUT2D eigenvalue weighted by molar-refractivity contribution is 5.94. The Morgan fingerprint density at radius 3 is 2.64 bits per heavy atom. The molecule has 1 aliphatic carbocycles. The van der Waals surface area contributed by atoms with E-state index in [4.69, 9.17) is 14.2 Å². The number of rotatable bonds is 5. The molecule has 1 N–H and O–H groups in total. The highest BCUT2D eigenvalue weighted by atomic mass is 19.1. The van der Waals surface area contributed by atoms with E-state index in [-0.39, 0.29) is 6.79 Å². The molecule has 146 valence electrons. The largest absolute Gasteiger partial charge is 0.455 e. The van der Waals surface area contributed by atoms with Crippen molar-refractivity contribution >= 4 is 17.6 Å². The number of hydrogen-bond acceptors (Lipinski definition) is 5. The number of amides is 1. The van der Waals surface area contributed by atoms with E-state index in [2.05, 4.69) is 5.32 Å². The fourth-order valence-electron chi connectivity index (χ4n) is 3.82. The van der Waals surface area contributed by atoms with Crippen LogP contribution in [-0.2, 0) is 19.7 Å². The summed E-state index contributed by atoms with van der Waals surface area (Å²) in [7, 11) is 0. The maximum absolute atomic E-state index is 13.7. The molecule has 2 aromatic carbocycles. The van der Waals surface area contributed by atoms with Crippen LogP contribution < -0.4 is 14.8 Å². The van der Waals surface area contributed by atoms with Gasteiger partial charge in [-0.25, -0.2) is 4.39 Å². The number of nitrogens with one attached hydrogen (secondary N) is 1. The molecule has 28 heavy (non-hydrogen) atoms. The maximum Gasteiger partial charge on any atom is 0.317 e. The monoisotopic (exact) mass is 385 g/mol. The van der Waals surface area contributed by atoms with E-state index in [9.17, 15) is 14.0 Å². The summed E-state index contributed by atoms with van der Waals surface area (Å²) in [5, 5.41) is 2.67. The van der Waals surface area contributed by atoms with Crippen LogP contribution in [0, 0.1) is 5.82 Å². The van der Waals surface area contributed by atoms with Crippen LogP contribution in [0.2, 0.25) is 0 Å². The number of ether oxygens (including phenoxy) is 3. The lowest BCUT2D eigenvalue weighted by molar-refractivity contribution is -0.153. The van der Waals surface area contributed by atoms with Crippen LogP contribution >= 0.6 is 0 Å². The molecule has 1 heterocycles. The summed E-state index contributed by atoms with van der Waals surface area (Å²) in [6.45, 7) is -0.267. The average molecular weight is 385 g/mol. The summed E-state index contributed by atoms with van der Waals surface area (Å²) in [6, 6.07) is 11.1. The van der Waals surface area contributed by atoms with E-state index in [1.807, 2.05) is 0 Å². The summed E-state index contributed by atoms with van der Waals surface area (Å²) in [6.07, 6.45) is 2.88. The number of esters is 1. The summed E-state index contributed by atoms with van der Waals surface area (Å²) in [4.78, 5) is 25.0. The first kappa shape index (κ1) is 18.3. The van der Waals surface area contributed by atoms with E-state index in [1.54, 1.807) is 30.3 Å². The molecule has 4 rings (SSSR count). The van der Waals surface area contributed by atoms with E-state index in [0.717, 1.165) is 12.8 Å².